The molecule has 0 radical (unpaired) electrons. The van der Waals surface area contributed by atoms with Crippen molar-refractivity contribution in [2.45, 2.75) is 19.8 Å². The van der Waals surface area contributed by atoms with Gasteiger partial charge in [0, 0.05) is 17.7 Å². The molecule has 2 aromatic rings. The summed E-state index contributed by atoms with van der Waals surface area (Å²) >= 11 is 0. The first-order valence-electron chi connectivity index (χ1n) is 7.66. The fraction of sp³-hybridized carbons (Fsp3) is 0.222. The summed E-state index contributed by atoms with van der Waals surface area (Å²) in [6, 6.07) is 9.28. The number of anilines is 1. The van der Waals surface area contributed by atoms with E-state index in [9.17, 15) is 18.4 Å². The molecule has 0 aliphatic carbocycles. The summed E-state index contributed by atoms with van der Waals surface area (Å²) in [5.74, 6) is -2.72. The lowest BCUT2D eigenvalue weighted by Crippen LogP contribution is -2.24. The van der Waals surface area contributed by atoms with E-state index < -0.39 is 23.2 Å². The van der Waals surface area contributed by atoms with Gasteiger partial charge in [0.05, 0.1) is 0 Å². The van der Waals surface area contributed by atoms with Crippen molar-refractivity contribution in [1.82, 2.24) is 5.32 Å². The highest BCUT2D eigenvalue weighted by Crippen LogP contribution is 2.19. The van der Waals surface area contributed by atoms with Crippen molar-refractivity contribution in [3.05, 3.63) is 65.2 Å². The second kappa shape index (κ2) is 8.19. The summed E-state index contributed by atoms with van der Waals surface area (Å²) in [6.45, 7) is 2.56. The molecule has 0 bridgehead atoms. The van der Waals surface area contributed by atoms with Gasteiger partial charge in [-0.15, -0.1) is 0 Å². The Kier molecular flexibility index (Phi) is 6.01. The van der Waals surface area contributed by atoms with Crippen molar-refractivity contribution in [3.8, 4) is 0 Å². The van der Waals surface area contributed by atoms with Crippen LogP contribution in [0.3, 0.4) is 0 Å². The van der Waals surface area contributed by atoms with E-state index in [1.807, 2.05) is 6.92 Å². The third kappa shape index (κ3) is 4.38. The summed E-state index contributed by atoms with van der Waals surface area (Å²) in [7, 11) is 0. The molecule has 2 rings (SSSR count). The predicted molar refractivity (Wildman–Crippen MR) is 88.0 cm³/mol. The average molecular weight is 332 g/mol. The first kappa shape index (κ1) is 17.6. The molecule has 24 heavy (non-hydrogen) atoms. The molecule has 2 N–H and O–H groups in total. The molecule has 0 fully saturated rings. The van der Waals surface area contributed by atoms with Crippen molar-refractivity contribution >= 4 is 17.5 Å². The SMILES string of the molecule is CCCCNC(=O)c1cccc(C(=O)Nc2c(F)cccc2F)c1. The summed E-state index contributed by atoms with van der Waals surface area (Å²) in [5, 5.41) is 4.94. The highest BCUT2D eigenvalue weighted by atomic mass is 19.1. The van der Waals surface area contributed by atoms with E-state index in [1.54, 1.807) is 12.1 Å². The van der Waals surface area contributed by atoms with E-state index >= 15 is 0 Å². The molecule has 0 spiro atoms. The lowest BCUT2D eigenvalue weighted by atomic mass is 10.1. The number of nitrogens with one attached hydrogen (secondary N) is 2. The molecular formula is C18H18F2N2O2. The normalized spacial score (nSPS) is 10.3. The van der Waals surface area contributed by atoms with Gasteiger partial charge in [-0.25, -0.2) is 8.78 Å². The van der Waals surface area contributed by atoms with Crippen LogP contribution in [0.4, 0.5) is 14.5 Å². The molecule has 4 nitrogen and oxygen atoms in total. The maximum atomic E-state index is 13.6. The zero-order valence-corrected chi connectivity index (χ0v) is 13.2. The van der Waals surface area contributed by atoms with Crippen LogP contribution in [-0.2, 0) is 0 Å². The van der Waals surface area contributed by atoms with Gasteiger partial charge in [0.15, 0.2) is 0 Å². The highest BCUT2D eigenvalue weighted by Gasteiger charge is 2.15. The molecule has 126 valence electrons. The molecule has 0 saturated heterocycles. The number of carbonyl (C=O) groups excluding carboxylic acids is 2. The van der Waals surface area contributed by atoms with Gasteiger partial charge in [0.2, 0.25) is 0 Å². The molecule has 2 aromatic carbocycles. The smallest absolute Gasteiger partial charge is 0.255 e. The Hall–Kier alpha value is -2.76. The van der Waals surface area contributed by atoms with Crippen LogP contribution in [0.25, 0.3) is 0 Å². The predicted octanol–water partition coefficient (Wildman–Crippen LogP) is 3.75. The van der Waals surface area contributed by atoms with Crippen LogP contribution in [0.1, 0.15) is 40.5 Å². The molecule has 0 heterocycles. The van der Waals surface area contributed by atoms with Crippen molar-refractivity contribution < 1.29 is 18.4 Å². The quantitative estimate of drug-likeness (QED) is 0.792. The van der Waals surface area contributed by atoms with Gasteiger partial charge in [0.25, 0.3) is 11.8 Å². The first-order valence-corrected chi connectivity index (χ1v) is 7.66. The van der Waals surface area contributed by atoms with Crippen molar-refractivity contribution in [2.75, 3.05) is 11.9 Å². The van der Waals surface area contributed by atoms with Gasteiger partial charge in [0.1, 0.15) is 17.3 Å². The number of rotatable bonds is 6. The Labute approximate surface area is 138 Å². The Balaban J connectivity index is 2.13. The lowest BCUT2D eigenvalue weighted by molar-refractivity contribution is 0.0953. The van der Waals surface area contributed by atoms with Crippen molar-refractivity contribution in [3.63, 3.8) is 0 Å². The van der Waals surface area contributed by atoms with E-state index in [4.69, 9.17) is 0 Å². The summed E-state index contributed by atoms with van der Waals surface area (Å²) in [5.41, 5.74) is -0.0612. The summed E-state index contributed by atoms with van der Waals surface area (Å²) in [6.07, 6.45) is 1.81. The fourth-order valence-electron chi connectivity index (χ4n) is 2.09. The molecule has 0 saturated carbocycles. The fourth-order valence-corrected chi connectivity index (χ4v) is 2.09. The van der Waals surface area contributed by atoms with Crippen LogP contribution < -0.4 is 10.6 Å². The van der Waals surface area contributed by atoms with E-state index in [1.165, 1.54) is 18.2 Å². The van der Waals surface area contributed by atoms with Gasteiger partial charge < -0.3 is 10.6 Å². The van der Waals surface area contributed by atoms with E-state index in [0.717, 1.165) is 25.0 Å². The van der Waals surface area contributed by atoms with Crippen molar-refractivity contribution in [2.24, 2.45) is 0 Å². The Morgan fingerprint density at radius 2 is 1.54 bits per heavy atom. The number of halogens is 2. The second-order valence-electron chi connectivity index (χ2n) is 5.24. The molecule has 2 amide bonds. The molecule has 0 aliphatic heterocycles. The Morgan fingerprint density at radius 1 is 0.958 bits per heavy atom. The maximum absolute atomic E-state index is 13.6. The van der Waals surface area contributed by atoms with E-state index in [0.29, 0.717) is 12.1 Å². The number of para-hydroxylation sites is 1. The number of carbonyl (C=O) groups is 2. The number of hydrogen-bond acceptors (Lipinski definition) is 2. The number of amides is 2. The van der Waals surface area contributed by atoms with Crippen LogP contribution in [0.15, 0.2) is 42.5 Å². The maximum Gasteiger partial charge on any atom is 0.255 e. The Bertz CT molecular complexity index is 727. The van der Waals surface area contributed by atoms with Gasteiger partial charge in [-0.3, -0.25) is 9.59 Å². The van der Waals surface area contributed by atoms with Crippen LogP contribution in [-0.4, -0.2) is 18.4 Å². The minimum absolute atomic E-state index is 0.140. The van der Waals surface area contributed by atoms with Crippen molar-refractivity contribution in [1.29, 1.82) is 0 Å². The van der Waals surface area contributed by atoms with E-state index in [-0.39, 0.29) is 11.5 Å². The van der Waals surface area contributed by atoms with Crippen LogP contribution in [0, 0.1) is 11.6 Å². The van der Waals surface area contributed by atoms with Gasteiger partial charge in [-0.2, -0.15) is 0 Å². The van der Waals surface area contributed by atoms with Crippen LogP contribution >= 0.6 is 0 Å². The molecule has 0 unspecified atom stereocenters. The second-order valence-corrected chi connectivity index (χ2v) is 5.24. The highest BCUT2D eigenvalue weighted by molar-refractivity contribution is 6.06. The lowest BCUT2D eigenvalue weighted by Gasteiger charge is -2.09. The monoisotopic (exact) mass is 332 g/mol. The largest absolute Gasteiger partial charge is 0.352 e. The van der Waals surface area contributed by atoms with Gasteiger partial charge >= 0.3 is 0 Å². The molecule has 0 aromatic heterocycles. The molecule has 6 heteroatoms. The third-order valence-corrected chi connectivity index (χ3v) is 3.40. The zero-order valence-electron chi connectivity index (χ0n) is 13.2. The molecule has 0 aliphatic rings. The first-order chi connectivity index (χ1) is 11.5. The minimum Gasteiger partial charge on any atom is -0.352 e. The minimum atomic E-state index is -0.864. The molecule has 0 atom stereocenters. The third-order valence-electron chi connectivity index (χ3n) is 3.40. The van der Waals surface area contributed by atoms with Gasteiger partial charge in [-0.1, -0.05) is 25.5 Å². The van der Waals surface area contributed by atoms with Gasteiger partial charge in [-0.05, 0) is 36.8 Å². The average Bonchev–Trinajstić information content (AvgIpc) is 2.58. The van der Waals surface area contributed by atoms with Crippen LogP contribution in [0.5, 0.6) is 0 Å². The number of unbranched alkanes of at least 4 members (excludes halogenated alkanes) is 1. The summed E-state index contributed by atoms with van der Waals surface area (Å²) in [4.78, 5) is 24.2. The van der Waals surface area contributed by atoms with E-state index in [2.05, 4.69) is 10.6 Å². The summed E-state index contributed by atoms with van der Waals surface area (Å²) < 4.78 is 27.2. The number of benzene rings is 2. The standard InChI is InChI=1S/C18H18F2N2O2/c1-2-3-10-21-17(23)12-6-4-7-13(11-12)18(24)22-16-14(19)8-5-9-15(16)20/h4-9,11H,2-3,10H2,1H3,(H,21,23)(H,22,24). The van der Waals surface area contributed by atoms with Crippen LogP contribution in [0.2, 0.25) is 0 Å². The zero-order chi connectivity index (χ0) is 17.5. The topological polar surface area (TPSA) is 58.2 Å². The molecular weight excluding hydrogens is 314 g/mol. The number of hydrogen-bond donors (Lipinski definition) is 2. The Morgan fingerprint density at radius 3 is 2.17 bits per heavy atom.